The number of halogens is 1. The molecule has 1 aliphatic heterocycles. The van der Waals surface area contributed by atoms with E-state index in [1.807, 2.05) is 12.1 Å². The van der Waals surface area contributed by atoms with Gasteiger partial charge in [0.25, 0.3) is 0 Å². The van der Waals surface area contributed by atoms with E-state index in [1.54, 1.807) is 12.5 Å². The minimum absolute atomic E-state index is 0.0114. The highest BCUT2D eigenvalue weighted by atomic mass is 32.1. The third kappa shape index (κ3) is 2.42. The third-order valence-electron chi connectivity index (χ3n) is 3.98. The van der Waals surface area contributed by atoms with Crippen molar-refractivity contribution in [2.75, 3.05) is 6.54 Å². The molecular formula is C15H14FN5S. The maximum Gasteiger partial charge on any atom is 0.123 e. The normalized spacial score (nSPS) is 18.3. The highest BCUT2D eigenvalue weighted by Crippen LogP contribution is 2.34. The van der Waals surface area contributed by atoms with Gasteiger partial charge in [-0.1, -0.05) is 12.1 Å². The standard InChI is InChI=1S/C15H14FN5S/c16-11-3-1-10(2-4-11)15-14-13(17-9-18-14)5-6-21(15)8-12-7-19-22-20-12/h1-4,7,9,15H,5-6,8H2,(H,17,18). The quantitative estimate of drug-likeness (QED) is 0.807. The van der Waals surface area contributed by atoms with Crippen LogP contribution in [-0.2, 0) is 13.0 Å². The average Bonchev–Trinajstić information content (AvgIpc) is 3.19. The maximum absolute atomic E-state index is 13.2. The van der Waals surface area contributed by atoms with Crippen LogP contribution < -0.4 is 0 Å². The molecule has 22 heavy (non-hydrogen) atoms. The first-order valence-electron chi connectivity index (χ1n) is 7.09. The Morgan fingerprint density at radius 2 is 2.18 bits per heavy atom. The second-order valence-electron chi connectivity index (χ2n) is 5.34. The number of aromatic nitrogens is 4. The molecule has 1 aliphatic rings. The Hall–Kier alpha value is -2.12. The first kappa shape index (κ1) is 13.5. The van der Waals surface area contributed by atoms with Crippen LogP contribution in [0, 0.1) is 5.82 Å². The van der Waals surface area contributed by atoms with E-state index >= 15 is 0 Å². The SMILES string of the molecule is Fc1ccc(C2c3nc[nH]c3CCN2Cc2cnsn2)cc1. The molecule has 1 aromatic carbocycles. The topological polar surface area (TPSA) is 57.7 Å². The van der Waals surface area contributed by atoms with Gasteiger partial charge in [0.2, 0.25) is 0 Å². The largest absolute Gasteiger partial charge is 0.348 e. The second-order valence-corrected chi connectivity index (χ2v) is 5.90. The van der Waals surface area contributed by atoms with E-state index in [1.165, 1.54) is 23.9 Å². The number of H-pyrrole nitrogens is 1. The molecule has 1 atom stereocenters. The van der Waals surface area contributed by atoms with E-state index < -0.39 is 0 Å². The summed E-state index contributed by atoms with van der Waals surface area (Å²) in [6.07, 6.45) is 4.45. The Morgan fingerprint density at radius 3 is 2.95 bits per heavy atom. The number of benzene rings is 1. The number of rotatable bonds is 3. The highest BCUT2D eigenvalue weighted by molar-refractivity contribution is 6.99. The van der Waals surface area contributed by atoms with Gasteiger partial charge in [-0.05, 0) is 17.7 Å². The molecule has 5 nitrogen and oxygen atoms in total. The molecular weight excluding hydrogens is 301 g/mol. The lowest BCUT2D eigenvalue weighted by Crippen LogP contribution is -2.35. The van der Waals surface area contributed by atoms with Crippen LogP contribution in [0.4, 0.5) is 4.39 Å². The van der Waals surface area contributed by atoms with Crippen LogP contribution in [0.3, 0.4) is 0 Å². The van der Waals surface area contributed by atoms with Gasteiger partial charge < -0.3 is 4.98 Å². The number of nitrogens with one attached hydrogen (secondary N) is 1. The first-order valence-corrected chi connectivity index (χ1v) is 7.82. The monoisotopic (exact) mass is 315 g/mol. The van der Waals surface area contributed by atoms with Gasteiger partial charge >= 0.3 is 0 Å². The van der Waals surface area contributed by atoms with Gasteiger partial charge in [-0.15, -0.1) is 0 Å². The zero-order valence-corrected chi connectivity index (χ0v) is 12.6. The molecule has 0 radical (unpaired) electrons. The minimum atomic E-state index is -0.225. The third-order valence-corrected chi connectivity index (χ3v) is 4.50. The van der Waals surface area contributed by atoms with Crippen molar-refractivity contribution in [3.05, 3.63) is 65.3 Å². The lowest BCUT2D eigenvalue weighted by Gasteiger charge is -2.34. The van der Waals surface area contributed by atoms with Crippen LogP contribution in [-0.4, -0.2) is 30.2 Å². The van der Waals surface area contributed by atoms with Gasteiger partial charge in [-0.25, -0.2) is 9.37 Å². The number of hydrogen-bond acceptors (Lipinski definition) is 5. The fourth-order valence-electron chi connectivity index (χ4n) is 2.97. The number of aromatic amines is 1. The summed E-state index contributed by atoms with van der Waals surface area (Å²) in [6, 6.07) is 6.67. The van der Waals surface area contributed by atoms with E-state index in [9.17, 15) is 4.39 Å². The molecule has 0 aliphatic carbocycles. The van der Waals surface area contributed by atoms with E-state index in [-0.39, 0.29) is 11.9 Å². The summed E-state index contributed by atoms with van der Waals surface area (Å²) in [5.74, 6) is -0.225. The van der Waals surface area contributed by atoms with Crippen molar-refractivity contribution < 1.29 is 4.39 Å². The summed E-state index contributed by atoms with van der Waals surface area (Å²) in [4.78, 5) is 10.0. The molecule has 112 valence electrons. The molecule has 0 bridgehead atoms. The zero-order chi connectivity index (χ0) is 14.9. The predicted molar refractivity (Wildman–Crippen MR) is 80.9 cm³/mol. The van der Waals surface area contributed by atoms with Crippen LogP contribution in [0.1, 0.15) is 28.7 Å². The molecule has 4 rings (SSSR count). The molecule has 0 spiro atoms. The summed E-state index contributed by atoms with van der Waals surface area (Å²) in [6.45, 7) is 1.61. The Balaban J connectivity index is 1.72. The van der Waals surface area contributed by atoms with Crippen LogP contribution in [0.25, 0.3) is 0 Å². The van der Waals surface area contributed by atoms with Gasteiger partial charge in [0.1, 0.15) is 5.82 Å². The summed E-state index contributed by atoms with van der Waals surface area (Å²) in [5, 5.41) is 0. The van der Waals surface area contributed by atoms with Crippen LogP contribution in [0.5, 0.6) is 0 Å². The summed E-state index contributed by atoms with van der Waals surface area (Å²) < 4.78 is 21.6. The lowest BCUT2D eigenvalue weighted by molar-refractivity contribution is 0.198. The van der Waals surface area contributed by atoms with Crippen molar-refractivity contribution in [2.45, 2.75) is 19.0 Å². The Morgan fingerprint density at radius 1 is 1.32 bits per heavy atom. The molecule has 1 N–H and O–H groups in total. The molecule has 0 saturated heterocycles. The number of imidazole rings is 1. The molecule has 0 saturated carbocycles. The number of hydrogen-bond donors (Lipinski definition) is 1. The highest BCUT2D eigenvalue weighted by Gasteiger charge is 2.31. The van der Waals surface area contributed by atoms with Crippen LogP contribution in [0.15, 0.2) is 36.8 Å². The fraction of sp³-hybridized carbons (Fsp3) is 0.267. The molecule has 7 heteroatoms. The van der Waals surface area contributed by atoms with Crippen molar-refractivity contribution in [3.63, 3.8) is 0 Å². The molecule has 0 amide bonds. The Kier molecular flexibility index (Phi) is 3.44. The van der Waals surface area contributed by atoms with Crippen molar-refractivity contribution >= 4 is 11.7 Å². The van der Waals surface area contributed by atoms with Gasteiger partial charge in [0.15, 0.2) is 0 Å². The predicted octanol–water partition coefficient (Wildman–Crippen LogP) is 2.55. The van der Waals surface area contributed by atoms with Crippen molar-refractivity contribution in [1.82, 2.24) is 23.6 Å². The molecule has 0 fully saturated rings. The molecule has 2 aromatic heterocycles. The summed E-state index contributed by atoms with van der Waals surface area (Å²) in [7, 11) is 0. The smallest absolute Gasteiger partial charge is 0.123 e. The van der Waals surface area contributed by atoms with E-state index in [0.717, 1.165) is 35.6 Å². The van der Waals surface area contributed by atoms with Crippen molar-refractivity contribution in [3.8, 4) is 0 Å². The van der Waals surface area contributed by atoms with Gasteiger partial charge in [0.05, 0.1) is 41.7 Å². The van der Waals surface area contributed by atoms with E-state index in [0.29, 0.717) is 6.54 Å². The lowest BCUT2D eigenvalue weighted by atomic mass is 9.95. The van der Waals surface area contributed by atoms with Crippen LogP contribution in [0.2, 0.25) is 0 Å². The summed E-state index contributed by atoms with van der Waals surface area (Å²) >= 11 is 1.22. The Labute approximate surface area is 131 Å². The van der Waals surface area contributed by atoms with Crippen molar-refractivity contribution in [1.29, 1.82) is 0 Å². The molecule has 3 aromatic rings. The maximum atomic E-state index is 13.2. The van der Waals surface area contributed by atoms with Gasteiger partial charge in [-0.2, -0.15) is 8.75 Å². The minimum Gasteiger partial charge on any atom is -0.348 e. The first-order chi connectivity index (χ1) is 10.8. The van der Waals surface area contributed by atoms with Gasteiger partial charge in [0, 0.05) is 25.2 Å². The van der Waals surface area contributed by atoms with Crippen molar-refractivity contribution in [2.24, 2.45) is 0 Å². The Bertz CT molecular complexity index is 753. The molecule has 1 unspecified atom stereocenters. The summed E-state index contributed by atoms with van der Waals surface area (Å²) in [5.41, 5.74) is 4.16. The van der Waals surface area contributed by atoms with E-state index in [4.69, 9.17) is 0 Å². The van der Waals surface area contributed by atoms with Crippen LogP contribution >= 0.6 is 11.7 Å². The molecule has 3 heterocycles. The number of nitrogens with zero attached hydrogens (tertiary/aromatic N) is 4. The average molecular weight is 315 g/mol. The second kappa shape index (κ2) is 5.58. The fourth-order valence-corrected chi connectivity index (χ4v) is 3.40. The van der Waals surface area contributed by atoms with E-state index in [2.05, 4.69) is 23.6 Å². The number of fused-ring (bicyclic) bond motifs is 1. The zero-order valence-electron chi connectivity index (χ0n) is 11.7. The van der Waals surface area contributed by atoms with Gasteiger partial charge in [-0.3, -0.25) is 4.90 Å².